The predicted molar refractivity (Wildman–Crippen MR) is 75.1 cm³/mol. The third-order valence-corrected chi connectivity index (χ3v) is 3.91. The van der Waals surface area contributed by atoms with Gasteiger partial charge in [-0.2, -0.15) is 0 Å². The molecular formula is C12H14BrN3O3. The Hall–Kier alpha value is -1.47. The Bertz CT molecular complexity index is 527. The van der Waals surface area contributed by atoms with E-state index in [1.807, 2.05) is 6.92 Å². The Morgan fingerprint density at radius 3 is 2.84 bits per heavy atom. The Morgan fingerprint density at radius 1 is 1.58 bits per heavy atom. The number of nitro benzene ring substituents is 1. The van der Waals surface area contributed by atoms with Crippen LogP contribution in [0.5, 0.6) is 0 Å². The molecule has 1 amide bonds. The number of carbonyl (C=O) groups is 1. The number of carbonyl (C=O) groups excluding carboxylic acids is 1. The molecule has 0 radical (unpaired) electrons. The first-order chi connectivity index (χ1) is 8.92. The van der Waals surface area contributed by atoms with Crippen LogP contribution in [0.1, 0.15) is 19.8 Å². The third-order valence-electron chi connectivity index (χ3n) is 3.27. The second-order valence-electron chi connectivity index (χ2n) is 4.74. The number of nitrogens with zero attached hydrogens (tertiary/aromatic N) is 1. The summed E-state index contributed by atoms with van der Waals surface area (Å²) in [4.78, 5) is 22.4. The number of benzene rings is 1. The summed E-state index contributed by atoms with van der Waals surface area (Å²) >= 11 is 3.13. The summed E-state index contributed by atoms with van der Waals surface area (Å²) in [7, 11) is 0. The van der Waals surface area contributed by atoms with Gasteiger partial charge in [-0.3, -0.25) is 14.9 Å². The van der Waals surface area contributed by atoms with Crippen molar-refractivity contribution in [2.24, 2.45) is 0 Å². The van der Waals surface area contributed by atoms with Crippen LogP contribution in [0.2, 0.25) is 0 Å². The van der Waals surface area contributed by atoms with E-state index in [0.29, 0.717) is 10.2 Å². The minimum Gasteiger partial charge on any atom is -0.324 e. The van der Waals surface area contributed by atoms with Crippen molar-refractivity contribution in [3.05, 3.63) is 32.8 Å². The van der Waals surface area contributed by atoms with Crippen molar-refractivity contribution >= 4 is 33.2 Å². The second-order valence-corrected chi connectivity index (χ2v) is 5.59. The molecule has 1 aliphatic heterocycles. The Morgan fingerprint density at radius 2 is 2.32 bits per heavy atom. The van der Waals surface area contributed by atoms with Crippen molar-refractivity contribution in [3.8, 4) is 0 Å². The van der Waals surface area contributed by atoms with Crippen LogP contribution in [0.15, 0.2) is 22.7 Å². The van der Waals surface area contributed by atoms with Gasteiger partial charge in [-0.1, -0.05) is 0 Å². The quantitative estimate of drug-likeness (QED) is 0.659. The van der Waals surface area contributed by atoms with Crippen molar-refractivity contribution in [3.63, 3.8) is 0 Å². The van der Waals surface area contributed by atoms with Crippen LogP contribution in [0.25, 0.3) is 0 Å². The van der Waals surface area contributed by atoms with E-state index in [1.54, 1.807) is 0 Å². The first kappa shape index (κ1) is 14.0. The molecule has 0 aliphatic carbocycles. The van der Waals surface area contributed by atoms with Crippen LogP contribution < -0.4 is 10.6 Å². The van der Waals surface area contributed by atoms with E-state index in [4.69, 9.17) is 0 Å². The van der Waals surface area contributed by atoms with E-state index in [0.717, 1.165) is 19.4 Å². The lowest BCUT2D eigenvalue weighted by Crippen LogP contribution is -2.47. The summed E-state index contributed by atoms with van der Waals surface area (Å²) in [5.41, 5.74) is -0.0468. The Kier molecular flexibility index (Phi) is 3.86. The number of rotatable bonds is 3. The molecule has 0 saturated carbocycles. The average molecular weight is 328 g/mol. The maximum absolute atomic E-state index is 12.1. The fourth-order valence-electron chi connectivity index (χ4n) is 2.09. The molecule has 2 rings (SSSR count). The molecule has 1 fully saturated rings. The summed E-state index contributed by atoms with van der Waals surface area (Å²) in [5.74, 6) is -0.120. The topological polar surface area (TPSA) is 84.3 Å². The monoisotopic (exact) mass is 327 g/mol. The minimum atomic E-state index is -0.561. The molecule has 0 spiro atoms. The number of amides is 1. The number of nitrogens with one attached hydrogen (secondary N) is 2. The largest absolute Gasteiger partial charge is 0.324 e. The van der Waals surface area contributed by atoms with Crippen LogP contribution in [-0.4, -0.2) is 22.9 Å². The van der Waals surface area contributed by atoms with Gasteiger partial charge in [0.1, 0.15) is 0 Å². The van der Waals surface area contributed by atoms with Gasteiger partial charge in [0.25, 0.3) is 5.69 Å². The van der Waals surface area contributed by atoms with Gasteiger partial charge in [0.2, 0.25) is 5.91 Å². The van der Waals surface area contributed by atoms with E-state index in [9.17, 15) is 14.9 Å². The van der Waals surface area contributed by atoms with Crippen molar-refractivity contribution in [1.29, 1.82) is 0 Å². The number of nitro groups is 1. The molecule has 102 valence electrons. The maximum Gasteiger partial charge on any atom is 0.283 e. The van der Waals surface area contributed by atoms with Crippen LogP contribution in [0.3, 0.4) is 0 Å². The number of halogens is 1. The van der Waals surface area contributed by atoms with Crippen LogP contribution >= 0.6 is 15.9 Å². The van der Waals surface area contributed by atoms with Crippen LogP contribution in [0.4, 0.5) is 11.4 Å². The molecule has 1 aromatic rings. The fraction of sp³-hybridized carbons (Fsp3) is 0.417. The van der Waals surface area contributed by atoms with E-state index in [-0.39, 0.29) is 11.6 Å². The van der Waals surface area contributed by atoms with Gasteiger partial charge in [0.15, 0.2) is 0 Å². The highest BCUT2D eigenvalue weighted by atomic mass is 79.9. The summed E-state index contributed by atoms with van der Waals surface area (Å²) in [6.45, 7) is 2.68. The van der Waals surface area contributed by atoms with Gasteiger partial charge in [-0.15, -0.1) is 0 Å². The molecule has 1 atom stereocenters. The highest BCUT2D eigenvalue weighted by Crippen LogP contribution is 2.28. The molecule has 6 nitrogen and oxygen atoms in total. The lowest BCUT2D eigenvalue weighted by Gasteiger charge is -2.23. The molecule has 1 heterocycles. The van der Waals surface area contributed by atoms with E-state index < -0.39 is 10.5 Å². The summed E-state index contributed by atoms with van der Waals surface area (Å²) in [6, 6.07) is 4.43. The van der Waals surface area contributed by atoms with Crippen LogP contribution in [-0.2, 0) is 4.79 Å². The molecular weight excluding hydrogens is 314 g/mol. The van der Waals surface area contributed by atoms with Gasteiger partial charge in [-0.25, -0.2) is 0 Å². The second kappa shape index (κ2) is 5.26. The molecule has 1 saturated heterocycles. The molecule has 2 N–H and O–H groups in total. The predicted octanol–water partition coefficient (Wildman–Crippen LogP) is 2.44. The Labute approximate surface area is 118 Å². The summed E-state index contributed by atoms with van der Waals surface area (Å²) in [6.07, 6.45) is 1.75. The molecule has 0 bridgehead atoms. The zero-order chi connectivity index (χ0) is 14.0. The van der Waals surface area contributed by atoms with Crippen molar-refractivity contribution in [1.82, 2.24) is 5.32 Å². The number of anilines is 1. The lowest BCUT2D eigenvalue weighted by molar-refractivity contribution is -0.385. The fourth-order valence-corrected chi connectivity index (χ4v) is 2.61. The smallest absolute Gasteiger partial charge is 0.283 e. The molecule has 1 unspecified atom stereocenters. The first-order valence-electron chi connectivity index (χ1n) is 5.93. The van der Waals surface area contributed by atoms with Gasteiger partial charge in [0.05, 0.1) is 14.9 Å². The maximum atomic E-state index is 12.1. The molecule has 1 aliphatic rings. The van der Waals surface area contributed by atoms with Crippen molar-refractivity contribution < 1.29 is 9.72 Å². The standard InChI is InChI=1S/C12H14BrN3O3/c1-12(5-2-6-14-12)11(17)15-8-3-4-10(16(18)19)9(13)7-8/h3-4,7,14H,2,5-6H2,1H3,(H,15,17). The third kappa shape index (κ3) is 2.93. The highest BCUT2D eigenvalue weighted by Gasteiger charge is 2.35. The zero-order valence-corrected chi connectivity index (χ0v) is 12.0. The van der Waals surface area contributed by atoms with Gasteiger partial charge in [0, 0.05) is 11.8 Å². The highest BCUT2D eigenvalue weighted by molar-refractivity contribution is 9.10. The molecule has 19 heavy (non-hydrogen) atoms. The summed E-state index contributed by atoms with van der Waals surface area (Å²) < 4.78 is 0.347. The average Bonchev–Trinajstić information content (AvgIpc) is 2.77. The Balaban J connectivity index is 2.13. The SMILES string of the molecule is CC1(C(=O)Nc2ccc([N+](=O)[O-])c(Br)c2)CCCN1. The molecule has 1 aromatic carbocycles. The normalized spacial score (nSPS) is 22.2. The van der Waals surface area contributed by atoms with E-state index in [2.05, 4.69) is 26.6 Å². The van der Waals surface area contributed by atoms with Crippen molar-refractivity contribution in [2.75, 3.05) is 11.9 Å². The van der Waals surface area contributed by atoms with E-state index in [1.165, 1.54) is 18.2 Å². The molecule has 0 aromatic heterocycles. The number of hydrogen-bond donors (Lipinski definition) is 2. The molecule has 7 heteroatoms. The van der Waals surface area contributed by atoms with Crippen molar-refractivity contribution in [2.45, 2.75) is 25.3 Å². The number of hydrogen-bond acceptors (Lipinski definition) is 4. The zero-order valence-electron chi connectivity index (χ0n) is 10.4. The van der Waals surface area contributed by atoms with Crippen LogP contribution in [0, 0.1) is 10.1 Å². The van der Waals surface area contributed by atoms with Gasteiger partial charge < -0.3 is 10.6 Å². The van der Waals surface area contributed by atoms with Gasteiger partial charge >= 0.3 is 0 Å². The lowest BCUT2D eigenvalue weighted by atomic mass is 9.99. The first-order valence-corrected chi connectivity index (χ1v) is 6.72. The van der Waals surface area contributed by atoms with Gasteiger partial charge in [-0.05, 0) is 54.4 Å². The summed E-state index contributed by atoms with van der Waals surface area (Å²) in [5, 5.41) is 16.6. The minimum absolute atomic E-state index is 0.0248. The van der Waals surface area contributed by atoms with E-state index >= 15 is 0 Å².